The van der Waals surface area contributed by atoms with E-state index >= 15 is 0 Å². The number of carbonyl (C=O) groups is 8. The topological polar surface area (TPSA) is 291 Å². The minimum atomic E-state index is -1.18. The van der Waals surface area contributed by atoms with Crippen LogP contribution in [0.3, 0.4) is 0 Å². The van der Waals surface area contributed by atoms with Gasteiger partial charge in [-0.1, -0.05) is 36.5 Å². The van der Waals surface area contributed by atoms with Crippen molar-refractivity contribution in [1.82, 2.24) is 0 Å². The Balaban J connectivity index is 1.77. The molecule has 10 unspecified atom stereocenters. The number of thioether (sulfide) groups is 2. The molecule has 0 aromatic heterocycles. The van der Waals surface area contributed by atoms with E-state index in [9.17, 15) is 53.7 Å². The van der Waals surface area contributed by atoms with E-state index in [4.69, 9.17) is 43.0 Å². The molecule has 4 N–H and O–H groups in total. The lowest BCUT2D eigenvalue weighted by atomic mass is 9.79. The number of hydrogen-bond donors (Lipinski definition) is 4. The van der Waals surface area contributed by atoms with Crippen LogP contribution in [0, 0.1) is 35.5 Å². The summed E-state index contributed by atoms with van der Waals surface area (Å²) in [5.41, 5.74) is 0. The van der Waals surface area contributed by atoms with Crippen molar-refractivity contribution in [2.24, 2.45) is 35.5 Å². The Morgan fingerprint density at radius 1 is 0.557 bits per heavy atom. The van der Waals surface area contributed by atoms with Crippen LogP contribution in [-0.2, 0) is 76.3 Å². The molecule has 0 spiro atoms. The quantitative estimate of drug-likeness (QED) is 0.0301. The minimum Gasteiger partial charge on any atom is -0.481 e. The van der Waals surface area contributed by atoms with Crippen LogP contribution < -0.4 is 0 Å². The highest BCUT2D eigenvalue weighted by Crippen LogP contribution is 2.38. The molecule has 0 amide bonds. The van der Waals surface area contributed by atoms with Crippen LogP contribution >= 0.6 is 23.5 Å². The molecule has 0 radical (unpaired) electrons. The predicted octanol–water partition coefficient (Wildman–Crippen LogP) is 4.06. The van der Waals surface area contributed by atoms with Crippen molar-refractivity contribution in [2.75, 3.05) is 76.7 Å². The number of allylic oxidation sites excluding steroid dienone is 4. The molecule has 0 heterocycles. The molecule has 1 saturated carbocycles. The summed E-state index contributed by atoms with van der Waals surface area (Å²) in [4.78, 5) is 102. The average Bonchev–Trinajstić information content (AvgIpc) is 3.34. The highest BCUT2D eigenvalue weighted by Gasteiger charge is 2.44. The Hall–Kier alpha value is -4.74. The molecular formula is C48H68O20S2. The number of rotatable bonds is 35. The first kappa shape index (κ1) is 59.6. The molecule has 3 aliphatic rings. The SMILES string of the molecule is C=CCOCC(O)COC(=O)C1CC=CCC1C(=O)OC(COCCCSCCC(=O)O)COC(=O)C1CCC(SCCC(=O)O)CC1C(=O)OC(COCC=C)COC(=O)C1CC=CCC1C(=O)O. The number of esters is 5. The van der Waals surface area contributed by atoms with Crippen molar-refractivity contribution >= 4 is 71.3 Å². The summed E-state index contributed by atoms with van der Waals surface area (Å²) in [5.74, 6) is -11.9. The van der Waals surface area contributed by atoms with Crippen LogP contribution in [0.25, 0.3) is 0 Å². The normalized spacial score (nSPS) is 23.1. The first-order valence-corrected chi connectivity index (χ1v) is 25.5. The van der Waals surface area contributed by atoms with E-state index in [1.165, 1.54) is 35.7 Å². The number of aliphatic carboxylic acids is 3. The Morgan fingerprint density at radius 3 is 1.61 bits per heavy atom. The fraction of sp³-hybridized carbons (Fsp3) is 0.667. The summed E-state index contributed by atoms with van der Waals surface area (Å²) in [6, 6.07) is 0. The molecule has 3 rings (SSSR count). The summed E-state index contributed by atoms with van der Waals surface area (Å²) in [7, 11) is 0. The van der Waals surface area contributed by atoms with Gasteiger partial charge in [-0.15, -0.1) is 13.2 Å². The second-order valence-electron chi connectivity index (χ2n) is 16.8. The van der Waals surface area contributed by atoms with Gasteiger partial charge < -0.3 is 58.3 Å². The van der Waals surface area contributed by atoms with E-state index in [0.29, 0.717) is 24.3 Å². The summed E-state index contributed by atoms with van der Waals surface area (Å²) >= 11 is 2.76. The Kier molecular flexibility index (Phi) is 28.7. The van der Waals surface area contributed by atoms with E-state index in [-0.39, 0.29) is 109 Å². The largest absolute Gasteiger partial charge is 0.481 e. The Morgan fingerprint density at radius 2 is 1.04 bits per heavy atom. The highest BCUT2D eigenvalue weighted by atomic mass is 32.2. The molecule has 0 saturated heterocycles. The number of carbonyl (C=O) groups excluding carboxylic acids is 5. The minimum absolute atomic E-state index is 0.00354. The molecule has 0 aromatic carbocycles. The molecule has 10 atom stereocenters. The summed E-state index contributed by atoms with van der Waals surface area (Å²) < 4.78 is 44.9. The standard InChI is InChI=1S/C48H68O20S2/c1-3-18-61-25-31(49)26-64-45(57)37-12-7-8-13-38(37)47(59)67-33(28-63-20-9-21-69-22-16-41(50)51)30-66-46(58)39-15-14-34(70-23-17-42(52)53)24-40(39)48(60)68-32(27-62-19-4-2)29-65-44(56)36-11-6-5-10-35(36)43(54)55/h3-8,31-40,49H,1-2,9-30H2,(H,50,51)(H,52,53)(H,54,55). The summed E-state index contributed by atoms with van der Waals surface area (Å²) in [6.45, 7) is 5.61. The Labute approximate surface area is 416 Å². The van der Waals surface area contributed by atoms with Crippen LogP contribution in [-0.4, -0.2) is 168 Å². The van der Waals surface area contributed by atoms with Crippen molar-refractivity contribution in [1.29, 1.82) is 0 Å². The predicted molar refractivity (Wildman–Crippen MR) is 253 cm³/mol. The lowest BCUT2D eigenvalue weighted by Crippen LogP contribution is -2.42. The van der Waals surface area contributed by atoms with Crippen LogP contribution in [0.1, 0.15) is 64.2 Å². The van der Waals surface area contributed by atoms with Gasteiger partial charge in [-0.25, -0.2) is 0 Å². The summed E-state index contributed by atoms with van der Waals surface area (Å²) in [5, 5.41) is 37.8. The molecule has 0 aliphatic heterocycles. The highest BCUT2D eigenvalue weighted by molar-refractivity contribution is 8.00. The average molecular weight is 1030 g/mol. The smallest absolute Gasteiger partial charge is 0.310 e. The van der Waals surface area contributed by atoms with Gasteiger partial charge in [-0.05, 0) is 57.1 Å². The number of carboxylic acid groups (broad SMARTS) is 3. The molecule has 392 valence electrons. The zero-order valence-corrected chi connectivity index (χ0v) is 41.0. The van der Waals surface area contributed by atoms with Crippen LogP contribution in [0.4, 0.5) is 0 Å². The lowest BCUT2D eigenvalue weighted by molar-refractivity contribution is -0.178. The number of aliphatic hydroxyl groups excluding tert-OH is 1. The monoisotopic (exact) mass is 1030 g/mol. The van der Waals surface area contributed by atoms with Crippen LogP contribution in [0.5, 0.6) is 0 Å². The fourth-order valence-corrected chi connectivity index (χ4v) is 9.88. The third-order valence-electron chi connectivity index (χ3n) is 11.4. The van der Waals surface area contributed by atoms with Gasteiger partial charge >= 0.3 is 47.8 Å². The zero-order valence-electron chi connectivity index (χ0n) is 39.3. The molecule has 0 aromatic rings. The maximum Gasteiger partial charge on any atom is 0.310 e. The van der Waals surface area contributed by atoms with Gasteiger partial charge in [0.05, 0.1) is 81.4 Å². The van der Waals surface area contributed by atoms with E-state index in [0.717, 1.165) is 0 Å². The number of ether oxygens (including phenoxy) is 8. The number of aliphatic hydroxyl groups is 1. The number of hydrogen-bond acceptors (Lipinski definition) is 19. The van der Waals surface area contributed by atoms with Crippen molar-refractivity contribution in [3.8, 4) is 0 Å². The second-order valence-corrected chi connectivity index (χ2v) is 19.4. The van der Waals surface area contributed by atoms with Gasteiger partial charge in [0.1, 0.15) is 25.9 Å². The van der Waals surface area contributed by atoms with Gasteiger partial charge in [-0.2, -0.15) is 23.5 Å². The van der Waals surface area contributed by atoms with Gasteiger partial charge in [0.2, 0.25) is 0 Å². The van der Waals surface area contributed by atoms with E-state index in [1.54, 1.807) is 24.3 Å². The van der Waals surface area contributed by atoms with E-state index in [1.807, 2.05) is 0 Å². The molecule has 3 aliphatic carbocycles. The van der Waals surface area contributed by atoms with Crippen molar-refractivity contribution < 1.29 is 96.7 Å². The summed E-state index contributed by atoms with van der Waals surface area (Å²) in [6.07, 6.45) is 7.91. The van der Waals surface area contributed by atoms with E-state index < -0.39 is 115 Å². The van der Waals surface area contributed by atoms with E-state index in [2.05, 4.69) is 13.2 Å². The van der Waals surface area contributed by atoms with Crippen molar-refractivity contribution in [3.05, 3.63) is 49.6 Å². The molecule has 1 fully saturated rings. The van der Waals surface area contributed by atoms with Gasteiger partial charge in [0, 0.05) is 23.4 Å². The van der Waals surface area contributed by atoms with Gasteiger partial charge in [0.25, 0.3) is 0 Å². The fourth-order valence-electron chi connectivity index (χ4n) is 7.76. The van der Waals surface area contributed by atoms with Crippen molar-refractivity contribution in [2.45, 2.75) is 87.8 Å². The molecule has 22 heteroatoms. The third-order valence-corrected chi connectivity index (χ3v) is 13.8. The molecular weight excluding hydrogens is 961 g/mol. The van der Waals surface area contributed by atoms with Crippen molar-refractivity contribution in [3.63, 3.8) is 0 Å². The first-order valence-electron chi connectivity index (χ1n) is 23.3. The van der Waals surface area contributed by atoms with Gasteiger partial charge in [0.15, 0.2) is 12.2 Å². The van der Waals surface area contributed by atoms with Crippen LogP contribution in [0.2, 0.25) is 0 Å². The third kappa shape index (κ3) is 22.6. The first-order chi connectivity index (χ1) is 33.6. The maximum atomic E-state index is 14.1. The zero-order chi connectivity index (χ0) is 51.3. The van der Waals surface area contributed by atoms with Gasteiger partial charge in [-0.3, -0.25) is 38.4 Å². The molecule has 70 heavy (non-hydrogen) atoms. The molecule has 0 bridgehead atoms. The Bertz CT molecular complexity index is 1790. The maximum absolute atomic E-state index is 14.1. The molecule has 20 nitrogen and oxygen atoms in total. The lowest BCUT2D eigenvalue weighted by Gasteiger charge is -2.34. The van der Waals surface area contributed by atoms with Crippen LogP contribution in [0.15, 0.2) is 49.6 Å². The second kappa shape index (κ2) is 33.8. The number of carboxylic acids is 3.